The fraction of sp³-hybridized carbons (Fsp3) is 0.364. The van der Waals surface area contributed by atoms with E-state index in [1.165, 1.54) is 0 Å². The van der Waals surface area contributed by atoms with Crippen LogP contribution in [0.4, 0.5) is 11.9 Å². The molecule has 162 valence electrons. The number of rotatable bonds is 9. The monoisotopic (exact) mass is 421 g/mol. The fourth-order valence-corrected chi connectivity index (χ4v) is 3.11. The van der Waals surface area contributed by atoms with Crippen molar-refractivity contribution in [2.45, 2.75) is 33.2 Å². The molecule has 3 N–H and O–H groups in total. The quantitative estimate of drug-likeness (QED) is 0.376. The summed E-state index contributed by atoms with van der Waals surface area (Å²) < 4.78 is 7.11. The zero-order valence-corrected chi connectivity index (χ0v) is 17.9. The van der Waals surface area contributed by atoms with Crippen LogP contribution in [0.15, 0.2) is 47.3 Å². The molecule has 0 aliphatic rings. The summed E-state index contributed by atoms with van der Waals surface area (Å²) in [5.41, 5.74) is 3.60. The van der Waals surface area contributed by atoms with Gasteiger partial charge >= 0.3 is 0 Å². The number of furan rings is 1. The number of fused-ring (bicyclic) bond motifs is 1. The van der Waals surface area contributed by atoms with Crippen LogP contribution in [0.25, 0.3) is 17.1 Å². The van der Waals surface area contributed by atoms with Crippen LogP contribution in [0.1, 0.15) is 37.8 Å². The van der Waals surface area contributed by atoms with E-state index in [0.717, 1.165) is 28.2 Å². The lowest BCUT2D eigenvalue weighted by Crippen LogP contribution is -2.18. The second-order valence-corrected chi connectivity index (χ2v) is 7.91. The van der Waals surface area contributed by atoms with Gasteiger partial charge in [0.1, 0.15) is 5.69 Å². The van der Waals surface area contributed by atoms with Gasteiger partial charge in [-0.15, -0.1) is 0 Å². The van der Waals surface area contributed by atoms with Gasteiger partial charge in [-0.05, 0) is 35.6 Å². The van der Waals surface area contributed by atoms with Crippen LogP contribution >= 0.6 is 0 Å². The molecule has 9 nitrogen and oxygen atoms in total. The predicted octanol–water partition coefficient (Wildman–Crippen LogP) is 3.56. The highest BCUT2D eigenvalue weighted by Crippen LogP contribution is 2.23. The smallest absolute Gasteiger partial charge is 0.229 e. The average molecular weight is 422 g/mol. The maximum atomic E-state index is 9.29. The third-order valence-corrected chi connectivity index (χ3v) is 4.99. The first kappa shape index (κ1) is 20.8. The second kappa shape index (κ2) is 9.13. The Labute approximate surface area is 180 Å². The SMILES string of the molecule is CC(CO)CNc1nc(NCc2ccc(-c3ccco3)nc2)n2ncc(C(C)C)c2n1. The molecule has 0 radical (unpaired) electrons. The third kappa shape index (κ3) is 4.66. The van der Waals surface area contributed by atoms with Crippen LogP contribution in [-0.4, -0.2) is 42.8 Å². The summed E-state index contributed by atoms with van der Waals surface area (Å²) in [4.78, 5) is 13.7. The Morgan fingerprint density at radius 2 is 1.97 bits per heavy atom. The van der Waals surface area contributed by atoms with E-state index >= 15 is 0 Å². The lowest BCUT2D eigenvalue weighted by molar-refractivity contribution is 0.244. The van der Waals surface area contributed by atoms with Gasteiger partial charge in [0.25, 0.3) is 0 Å². The van der Waals surface area contributed by atoms with Gasteiger partial charge in [-0.2, -0.15) is 19.6 Å². The van der Waals surface area contributed by atoms with Gasteiger partial charge in [0.05, 0.1) is 12.5 Å². The van der Waals surface area contributed by atoms with Crippen LogP contribution in [0.5, 0.6) is 0 Å². The number of aliphatic hydroxyl groups excluding tert-OH is 1. The zero-order valence-electron chi connectivity index (χ0n) is 17.9. The Morgan fingerprint density at radius 3 is 2.65 bits per heavy atom. The summed E-state index contributed by atoms with van der Waals surface area (Å²) in [6.45, 7) is 7.39. The standard InChI is InChI=1S/C22H27N7O2/c1-14(2)17-12-26-29-20(17)27-21(24-9-15(3)13-30)28-22(29)25-11-16-6-7-18(23-10-16)19-5-4-8-31-19/h4-8,10,12,14-15,30H,9,11,13H2,1-3H3,(H2,24,25,27,28). The van der Waals surface area contributed by atoms with Crippen molar-refractivity contribution in [3.63, 3.8) is 0 Å². The van der Waals surface area contributed by atoms with E-state index in [4.69, 9.17) is 4.42 Å². The maximum absolute atomic E-state index is 9.29. The van der Waals surface area contributed by atoms with Crippen molar-refractivity contribution < 1.29 is 9.52 Å². The van der Waals surface area contributed by atoms with E-state index in [2.05, 4.69) is 44.5 Å². The number of anilines is 2. The largest absolute Gasteiger partial charge is 0.463 e. The minimum absolute atomic E-state index is 0.101. The van der Waals surface area contributed by atoms with Crippen molar-refractivity contribution >= 4 is 17.5 Å². The molecular weight excluding hydrogens is 394 g/mol. The van der Waals surface area contributed by atoms with E-state index in [1.807, 2.05) is 43.6 Å². The van der Waals surface area contributed by atoms with E-state index < -0.39 is 0 Å². The minimum atomic E-state index is 0.101. The van der Waals surface area contributed by atoms with Crippen molar-refractivity contribution in [1.82, 2.24) is 24.6 Å². The minimum Gasteiger partial charge on any atom is -0.463 e. The van der Waals surface area contributed by atoms with E-state index in [9.17, 15) is 5.11 Å². The first-order chi connectivity index (χ1) is 15.0. The summed E-state index contributed by atoms with van der Waals surface area (Å²) in [5.74, 6) is 2.21. The highest BCUT2D eigenvalue weighted by Gasteiger charge is 2.15. The van der Waals surface area contributed by atoms with Crippen LogP contribution in [-0.2, 0) is 6.54 Å². The Kier molecular flexibility index (Phi) is 6.13. The number of pyridine rings is 1. The zero-order chi connectivity index (χ0) is 21.8. The molecule has 1 unspecified atom stereocenters. The van der Waals surface area contributed by atoms with Gasteiger partial charge in [-0.25, -0.2) is 0 Å². The number of hydrogen-bond donors (Lipinski definition) is 3. The molecule has 4 aromatic rings. The predicted molar refractivity (Wildman–Crippen MR) is 119 cm³/mol. The van der Waals surface area contributed by atoms with Gasteiger partial charge in [-0.1, -0.05) is 26.8 Å². The van der Waals surface area contributed by atoms with Crippen LogP contribution in [0.3, 0.4) is 0 Å². The maximum Gasteiger partial charge on any atom is 0.229 e. The van der Waals surface area contributed by atoms with Crippen molar-refractivity contribution in [3.05, 3.63) is 54.0 Å². The average Bonchev–Trinajstić information content (AvgIpc) is 3.46. The molecule has 0 amide bonds. The van der Waals surface area contributed by atoms with Crippen molar-refractivity contribution in [1.29, 1.82) is 0 Å². The van der Waals surface area contributed by atoms with Gasteiger partial charge < -0.3 is 20.2 Å². The van der Waals surface area contributed by atoms with E-state index in [1.54, 1.807) is 10.8 Å². The van der Waals surface area contributed by atoms with Gasteiger partial charge in [0.15, 0.2) is 11.4 Å². The van der Waals surface area contributed by atoms with Crippen LogP contribution < -0.4 is 10.6 Å². The highest BCUT2D eigenvalue weighted by molar-refractivity contribution is 5.56. The lowest BCUT2D eigenvalue weighted by atomic mass is 10.1. The number of hydrogen-bond acceptors (Lipinski definition) is 8. The Morgan fingerprint density at radius 1 is 1.10 bits per heavy atom. The van der Waals surface area contributed by atoms with Crippen LogP contribution in [0.2, 0.25) is 0 Å². The van der Waals surface area contributed by atoms with Gasteiger partial charge in [-0.3, -0.25) is 4.98 Å². The van der Waals surface area contributed by atoms with E-state index in [-0.39, 0.29) is 18.4 Å². The summed E-state index contributed by atoms with van der Waals surface area (Å²) in [5, 5.41) is 20.3. The van der Waals surface area contributed by atoms with Crippen molar-refractivity contribution in [2.75, 3.05) is 23.8 Å². The number of aromatic nitrogens is 5. The van der Waals surface area contributed by atoms with Gasteiger partial charge in [0, 0.05) is 31.5 Å². The molecule has 0 saturated heterocycles. The topological polar surface area (TPSA) is 113 Å². The molecule has 0 saturated carbocycles. The van der Waals surface area contributed by atoms with Gasteiger partial charge in [0.2, 0.25) is 11.9 Å². The lowest BCUT2D eigenvalue weighted by Gasteiger charge is -2.13. The van der Waals surface area contributed by atoms with Crippen molar-refractivity contribution in [2.24, 2.45) is 5.92 Å². The number of aliphatic hydroxyl groups is 1. The molecule has 0 fully saturated rings. The molecule has 0 aliphatic heterocycles. The summed E-state index contributed by atoms with van der Waals surface area (Å²) in [6.07, 6.45) is 5.28. The van der Waals surface area contributed by atoms with Crippen LogP contribution in [0, 0.1) is 5.92 Å². The fourth-order valence-electron chi connectivity index (χ4n) is 3.11. The Hall–Kier alpha value is -3.46. The molecule has 4 heterocycles. The first-order valence-electron chi connectivity index (χ1n) is 10.4. The molecule has 1 atom stereocenters. The number of nitrogens with zero attached hydrogens (tertiary/aromatic N) is 5. The summed E-state index contributed by atoms with van der Waals surface area (Å²) in [7, 11) is 0. The third-order valence-electron chi connectivity index (χ3n) is 4.99. The Balaban J connectivity index is 1.56. The molecule has 0 aliphatic carbocycles. The van der Waals surface area contributed by atoms with E-state index in [0.29, 0.717) is 25.0 Å². The Bertz CT molecular complexity index is 1120. The first-order valence-corrected chi connectivity index (χ1v) is 10.4. The molecule has 9 heteroatoms. The summed E-state index contributed by atoms with van der Waals surface area (Å²) in [6, 6.07) is 7.66. The normalized spacial score (nSPS) is 12.4. The summed E-state index contributed by atoms with van der Waals surface area (Å²) >= 11 is 0. The highest BCUT2D eigenvalue weighted by atomic mass is 16.3. The molecule has 31 heavy (non-hydrogen) atoms. The number of nitrogens with one attached hydrogen (secondary N) is 2. The molecule has 0 bridgehead atoms. The molecule has 0 spiro atoms. The molecule has 4 rings (SSSR count). The van der Waals surface area contributed by atoms with Crippen molar-refractivity contribution in [3.8, 4) is 11.5 Å². The second-order valence-electron chi connectivity index (χ2n) is 7.91. The molecular formula is C22H27N7O2. The molecule has 0 aromatic carbocycles. The molecule has 4 aromatic heterocycles.